The van der Waals surface area contributed by atoms with Crippen LogP contribution in [0, 0.1) is 0 Å². The van der Waals surface area contributed by atoms with Gasteiger partial charge in [-0.15, -0.1) is 0 Å². The van der Waals surface area contributed by atoms with Gasteiger partial charge in [0.2, 0.25) is 5.91 Å². The highest BCUT2D eigenvalue weighted by atomic mass is 32.3. The molecule has 0 aromatic heterocycles. The third-order valence-corrected chi connectivity index (χ3v) is 5.65. The van der Waals surface area contributed by atoms with E-state index in [9.17, 15) is 47.2 Å². The molecule has 20 heteroatoms. The number of hydrogen-bond acceptors (Lipinski definition) is 15. The molecule has 1 amide bonds. The molecule has 2 aliphatic rings. The van der Waals surface area contributed by atoms with E-state index in [4.69, 9.17) is 23.3 Å². The Kier molecular flexibility index (Phi) is 9.68. The molecule has 8 N–H and O–H groups in total. The lowest BCUT2D eigenvalue weighted by atomic mass is 9.95. The molecule has 0 unspecified atom stereocenters. The molecule has 0 bridgehead atoms. The molecular formula is C14H25NO17S2. The summed E-state index contributed by atoms with van der Waals surface area (Å²) in [5.74, 6) is -0.729. The molecule has 0 saturated carbocycles. The Bertz CT molecular complexity index is 911. The summed E-state index contributed by atoms with van der Waals surface area (Å²) in [5, 5.41) is 53.1. The minimum Gasteiger partial charge on any atom is -0.388 e. The van der Waals surface area contributed by atoms with E-state index in [2.05, 4.69) is 13.7 Å². The van der Waals surface area contributed by atoms with Gasteiger partial charge in [0, 0.05) is 6.92 Å². The van der Waals surface area contributed by atoms with Crippen LogP contribution in [-0.4, -0.2) is 132 Å². The quantitative estimate of drug-likeness (QED) is 0.126. The van der Waals surface area contributed by atoms with Crippen molar-refractivity contribution in [1.29, 1.82) is 0 Å². The summed E-state index contributed by atoms with van der Waals surface area (Å²) < 4.78 is 84.7. The topological polar surface area (TPSA) is 285 Å². The molecule has 10 atom stereocenters. The first-order valence-electron chi connectivity index (χ1n) is 9.37. The summed E-state index contributed by atoms with van der Waals surface area (Å²) in [5.41, 5.74) is 0. The Balaban J connectivity index is 2.27. The van der Waals surface area contributed by atoms with Gasteiger partial charge in [-0.25, -0.2) is 8.37 Å². The Morgan fingerprint density at radius 2 is 1.35 bits per heavy atom. The van der Waals surface area contributed by atoms with Crippen LogP contribution in [0.4, 0.5) is 0 Å². The predicted octanol–water partition coefficient (Wildman–Crippen LogP) is -5.60. The van der Waals surface area contributed by atoms with Crippen LogP contribution in [-0.2, 0) is 48.2 Å². The number of carbonyl (C=O) groups excluding carboxylic acids is 1. The van der Waals surface area contributed by atoms with E-state index in [1.165, 1.54) is 0 Å². The van der Waals surface area contributed by atoms with Crippen LogP contribution < -0.4 is 5.32 Å². The fraction of sp³-hybridized carbons (Fsp3) is 0.929. The van der Waals surface area contributed by atoms with Gasteiger partial charge in [0.1, 0.15) is 48.8 Å². The third kappa shape index (κ3) is 7.96. The SMILES string of the molecule is CC(=O)N[C@@H]1[C@H](O)[C@H](O[C@@H]2O[C@H](COS(=O)(=O)O)[C@H](O)[C@H](O)[C@H]2O)[C@@H](COS(=O)(=O)O)O[C@H]1O. The molecule has 0 aromatic rings. The molecule has 2 rings (SSSR count). The zero-order valence-corrected chi connectivity index (χ0v) is 18.9. The number of rotatable bonds is 9. The van der Waals surface area contributed by atoms with Gasteiger partial charge in [-0.1, -0.05) is 0 Å². The summed E-state index contributed by atoms with van der Waals surface area (Å²) in [6, 6.07) is -1.56. The van der Waals surface area contributed by atoms with Crippen LogP contribution >= 0.6 is 0 Å². The highest BCUT2D eigenvalue weighted by Gasteiger charge is 2.51. The van der Waals surface area contributed by atoms with Crippen LogP contribution in [0.1, 0.15) is 6.92 Å². The maximum absolute atomic E-state index is 11.4. The zero-order chi connectivity index (χ0) is 26.0. The lowest BCUT2D eigenvalue weighted by Crippen LogP contribution is -2.67. The van der Waals surface area contributed by atoms with E-state index < -0.39 is 101 Å². The molecule has 2 heterocycles. The maximum atomic E-state index is 11.4. The molecule has 0 spiro atoms. The average molecular weight is 543 g/mol. The Hall–Kier alpha value is -1.11. The normalized spacial score (nSPS) is 39.5. The molecule has 2 fully saturated rings. The zero-order valence-electron chi connectivity index (χ0n) is 17.2. The second-order valence-electron chi connectivity index (χ2n) is 7.32. The molecular weight excluding hydrogens is 518 g/mol. The van der Waals surface area contributed by atoms with Crippen LogP contribution in [0.25, 0.3) is 0 Å². The van der Waals surface area contributed by atoms with Crippen LogP contribution in [0.3, 0.4) is 0 Å². The largest absolute Gasteiger partial charge is 0.397 e. The Morgan fingerprint density at radius 3 is 1.85 bits per heavy atom. The number of carbonyl (C=O) groups is 1. The van der Waals surface area contributed by atoms with Gasteiger partial charge < -0.3 is 45.1 Å². The van der Waals surface area contributed by atoms with Crippen LogP contribution in [0.2, 0.25) is 0 Å². The van der Waals surface area contributed by atoms with E-state index in [1.807, 2.05) is 0 Å². The van der Waals surface area contributed by atoms with Crippen molar-refractivity contribution in [2.45, 2.75) is 68.3 Å². The third-order valence-electron chi connectivity index (χ3n) is 4.78. The van der Waals surface area contributed by atoms with Crippen molar-refractivity contribution < 1.29 is 78.8 Å². The first kappa shape index (κ1) is 29.1. The molecule has 18 nitrogen and oxygen atoms in total. The lowest BCUT2D eigenvalue weighted by molar-refractivity contribution is -0.344. The van der Waals surface area contributed by atoms with Crippen molar-refractivity contribution in [1.82, 2.24) is 5.32 Å². The number of amides is 1. The van der Waals surface area contributed by atoms with E-state index in [1.54, 1.807) is 0 Å². The average Bonchev–Trinajstić information content (AvgIpc) is 2.69. The van der Waals surface area contributed by atoms with Crippen molar-refractivity contribution in [2.75, 3.05) is 13.2 Å². The van der Waals surface area contributed by atoms with Gasteiger partial charge in [0.05, 0.1) is 13.2 Å². The van der Waals surface area contributed by atoms with Gasteiger partial charge in [-0.05, 0) is 0 Å². The molecule has 2 saturated heterocycles. The van der Waals surface area contributed by atoms with Gasteiger partial charge in [-0.2, -0.15) is 16.8 Å². The molecule has 0 aromatic carbocycles. The number of aliphatic hydroxyl groups excluding tert-OH is 5. The second-order valence-corrected chi connectivity index (χ2v) is 9.50. The first-order chi connectivity index (χ1) is 15.5. The molecule has 34 heavy (non-hydrogen) atoms. The van der Waals surface area contributed by atoms with Crippen molar-refractivity contribution in [2.24, 2.45) is 0 Å². The minimum absolute atomic E-state index is 0.729. The van der Waals surface area contributed by atoms with Crippen molar-refractivity contribution >= 4 is 26.7 Å². The van der Waals surface area contributed by atoms with Crippen LogP contribution in [0.15, 0.2) is 0 Å². The van der Waals surface area contributed by atoms with E-state index in [0.717, 1.165) is 6.92 Å². The smallest absolute Gasteiger partial charge is 0.388 e. The highest BCUT2D eigenvalue weighted by molar-refractivity contribution is 7.81. The molecule has 200 valence electrons. The van der Waals surface area contributed by atoms with E-state index in [-0.39, 0.29) is 0 Å². The summed E-state index contributed by atoms with van der Waals surface area (Å²) in [4.78, 5) is 11.4. The monoisotopic (exact) mass is 543 g/mol. The summed E-state index contributed by atoms with van der Waals surface area (Å²) in [7, 11) is -10.0. The summed E-state index contributed by atoms with van der Waals surface area (Å²) >= 11 is 0. The molecule has 0 aliphatic carbocycles. The highest BCUT2D eigenvalue weighted by Crippen LogP contribution is 2.29. The Morgan fingerprint density at radius 1 is 0.824 bits per heavy atom. The van der Waals surface area contributed by atoms with E-state index >= 15 is 0 Å². The van der Waals surface area contributed by atoms with Gasteiger partial charge in [0.25, 0.3) is 0 Å². The number of aliphatic hydroxyl groups is 5. The molecule has 2 aliphatic heterocycles. The van der Waals surface area contributed by atoms with Gasteiger partial charge in [0.15, 0.2) is 12.6 Å². The van der Waals surface area contributed by atoms with Crippen molar-refractivity contribution in [3.63, 3.8) is 0 Å². The van der Waals surface area contributed by atoms with Crippen LogP contribution in [0.5, 0.6) is 0 Å². The van der Waals surface area contributed by atoms with Gasteiger partial charge in [-0.3, -0.25) is 13.9 Å². The van der Waals surface area contributed by atoms with Gasteiger partial charge >= 0.3 is 20.8 Å². The number of ether oxygens (including phenoxy) is 3. The Labute approximate surface area is 192 Å². The lowest BCUT2D eigenvalue weighted by Gasteiger charge is -2.46. The number of nitrogens with one attached hydrogen (secondary N) is 1. The number of hydrogen-bond donors (Lipinski definition) is 8. The first-order valence-corrected chi connectivity index (χ1v) is 12.1. The fourth-order valence-corrected chi connectivity index (χ4v) is 3.87. The van der Waals surface area contributed by atoms with E-state index in [0.29, 0.717) is 0 Å². The summed E-state index contributed by atoms with van der Waals surface area (Å²) in [6.45, 7) is -1.06. The fourth-order valence-electron chi connectivity index (χ4n) is 3.26. The standard InChI is InChI=1S/C14H25NO17S2/c1-4(16)15-7-9(18)12(6(30-13(7)21)3-29-34(25,26)27)32-14-11(20)10(19)8(17)5(31-14)2-28-33(22,23)24/h5-14,17-21H,2-3H2,1H3,(H,15,16)(H,22,23,24)(H,25,26,27)/t5-,6-,7-,8+,9+,10+,11-,12-,13-,14+/m1/s1. The second kappa shape index (κ2) is 11.3. The maximum Gasteiger partial charge on any atom is 0.397 e. The molecule has 0 radical (unpaired) electrons. The van der Waals surface area contributed by atoms with Crippen molar-refractivity contribution in [3.05, 3.63) is 0 Å². The minimum atomic E-state index is -5.02. The van der Waals surface area contributed by atoms with Crippen molar-refractivity contribution in [3.8, 4) is 0 Å². The predicted molar refractivity (Wildman–Crippen MR) is 101 cm³/mol. The summed E-state index contributed by atoms with van der Waals surface area (Å²) in [6.07, 6.45) is -17.0.